The molecular formula is C13H23NO. The van der Waals surface area contributed by atoms with Gasteiger partial charge < -0.3 is 5.11 Å². The van der Waals surface area contributed by atoms with Crippen LogP contribution in [-0.4, -0.2) is 11.2 Å². The summed E-state index contributed by atoms with van der Waals surface area (Å²) in [6.07, 6.45) is 8.75. The normalized spacial score (nSPS) is 21.9. The minimum Gasteiger partial charge on any atom is -0.392 e. The fourth-order valence-corrected chi connectivity index (χ4v) is 2.58. The van der Waals surface area contributed by atoms with E-state index in [4.69, 9.17) is 5.26 Å². The van der Waals surface area contributed by atoms with Crippen molar-refractivity contribution in [2.24, 2.45) is 11.8 Å². The molecule has 0 aromatic carbocycles. The molecule has 0 amide bonds. The van der Waals surface area contributed by atoms with E-state index < -0.39 is 6.10 Å². The lowest BCUT2D eigenvalue weighted by atomic mass is 9.82. The molecule has 1 N–H and O–H groups in total. The van der Waals surface area contributed by atoms with E-state index in [1.54, 1.807) is 0 Å². The van der Waals surface area contributed by atoms with E-state index in [9.17, 15) is 5.11 Å². The van der Waals surface area contributed by atoms with Gasteiger partial charge in [-0.1, -0.05) is 45.4 Å². The summed E-state index contributed by atoms with van der Waals surface area (Å²) in [6.45, 7) is 2.07. The summed E-state index contributed by atoms with van der Waals surface area (Å²) < 4.78 is 0. The van der Waals surface area contributed by atoms with Crippen LogP contribution in [0.4, 0.5) is 0 Å². The molecule has 15 heavy (non-hydrogen) atoms. The Hall–Kier alpha value is -0.550. The molecule has 1 saturated carbocycles. The first-order valence-electron chi connectivity index (χ1n) is 6.35. The predicted molar refractivity (Wildman–Crippen MR) is 61.2 cm³/mol. The first kappa shape index (κ1) is 12.5. The average Bonchev–Trinajstić information content (AvgIpc) is 2.27. The lowest BCUT2D eigenvalue weighted by Crippen LogP contribution is -2.23. The Balaban J connectivity index is 2.32. The topological polar surface area (TPSA) is 44.0 Å². The van der Waals surface area contributed by atoms with Crippen molar-refractivity contribution in [1.82, 2.24) is 0 Å². The molecule has 1 rings (SSSR count). The van der Waals surface area contributed by atoms with E-state index in [1.807, 2.05) is 0 Å². The molecule has 0 heterocycles. The van der Waals surface area contributed by atoms with E-state index in [-0.39, 0.29) is 5.92 Å². The molecule has 0 aromatic rings. The summed E-state index contributed by atoms with van der Waals surface area (Å²) >= 11 is 0. The molecular weight excluding hydrogens is 186 g/mol. The third-order valence-corrected chi connectivity index (χ3v) is 3.53. The van der Waals surface area contributed by atoms with E-state index in [0.717, 1.165) is 19.3 Å². The highest BCUT2D eigenvalue weighted by Crippen LogP contribution is 2.29. The molecule has 0 radical (unpaired) electrons. The lowest BCUT2D eigenvalue weighted by molar-refractivity contribution is 0.0915. The standard InChI is InChI=1S/C13H23NO/c1-2-6-12(10-14)13(15)9-11-7-4-3-5-8-11/h11-13,15H,2-9H2,1H3. The average molecular weight is 209 g/mol. The maximum absolute atomic E-state index is 9.97. The third-order valence-electron chi connectivity index (χ3n) is 3.53. The van der Waals surface area contributed by atoms with Gasteiger partial charge in [-0.2, -0.15) is 5.26 Å². The van der Waals surface area contributed by atoms with Gasteiger partial charge in [0.15, 0.2) is 0 Å². The van der Waals surface area contributed by atoms with Crippen molar-refractivity contribution >= 4 is 0 Å². The van der Waals surface area contributed by atoms with Gasteiger partial charge in [-0.25, -0.2) is 0 Å². The fraction of sp³-hybridized carbons (Fsp3) is 0.923. The second kappa shape index (κ2) is 6.85. The summed E-state index contributed by atoms with van der Waals surface area (Å²) in [5, 5.41) is 18.9. The van der Waals surface area contributed by atoms with Gasteiger partial charge in [-0.05, 0) is 18.8 Å². The van der Waals surface area contributed by atoms with Gasteiger partial charge in [0, 0.05) is 0 Å². The van der Waals surface area contributed by atoms with Crippen molar-refractivity contribution in [3.63, 3.8) is 0 Å². The smallest absolute Gasteiger partial charge is 0.0722 e. The molecule has 2 unspecified atom stereocenters. The van der Waals surface area contributed by atoms with Crippen molar-refractivity contribution in [2.75, 3.05) is 0 Å². The number of aliphatic hydroxyl groups is 1. The Morgan fingerprint density at radius 3 is 2.53 bits per heavy atom. The number of hydrogen-bond acceptors (Lipinski definition) is 2. The fourth-order valence-electron chi connectivity index (χ4n) is 2.58. The van der Waals surface area contributed by atoms with Gasteiger partial charge in [0.05, 0.1) is 18.1 Å². The molecule has 2 heteroatoms. The number of hydrogen-bond donors (Lipinski definition) is 1. The van der Waals surface area contributed by atoms with E-state index in [0.29, 0.717) is 5.92 Å². The molecule has 1 fully saturated rings. The molecule has 2 nitrogen and oxygen atoms in total. The monoisotopic (exact) mass is 209 g/mol. The Bertz CT molecular complexity index is 203. The van der Waals surface area contributed by atoms with Crippen molar-refractivity contribution in [3.05, 3.63) is 0 Å². The zero-order valence-electron chi connectivity index (χ0n) is 9.78. The number of aliphatic hydroxyl groups excluding tert-OH is 1. The van der Waals surface area contributed by atoms with Crippen LogP contribution in [0, 0.1) is 23.2 Å². The highest BCUT2D eigenvalue weighted by atomic mass is 16.3. The van der Waals surface area contributed by atoms with Gasteiger partial charge in [-0.3, -0.25) is 0 Å². The predicted octanol–water partition coefficient (Wildman–Crippen LogP) is 3.26. The summed E-state index contributed by atoms with van der Waals surface area (Å²) in [4.78, 5) is 0. The molecule has 0 aliphatic heterocycles. The second-order valence-corrected chi connectivity index (χ2v) is 4.83. The third kappa shape index (κ3) is 4.22. The van der Waals surface area contributed by atoms with E-state index >= 15 is 0 Å². The quantitative estimate of drug-likeness (QED) is 0.755. The van der Waals surface area contributed by atoms with Crippen LogP contribution < -0.4 is 0 Å². The van der Waals surface area contributed by atoms with Gasteiger partial charge in [0.1, 0.15) is 0 Å². The summed E-state index contributed by atoms with van der Waals surface area (Å²) in [5.41, 5.74) is 0. The minimum atomic E-state index is -0.391. The van der Waals surface area contributed by atoms with Crippen LogP contribution in [0.3, 0.4) is 0 Å². The molecule has 0 spiro atoms. The van der Waals surface area contributed by atoms with Gasteiger partial charge in [-0.15, -0.1) is 0 Å². The van der Waals surface area contributed by atoms with Crippen molar-refractivity contribution in [3.8, 4) is 6.07 Å². The molecule has 1 aliphatic carbocycles. The first-order chi connectivity index (χ1) is 7.27. The van der Waals surface area contributed by atoms with Gasteiger partial charge in [0.2, 0.25) is 0 Å². The summed E-state index contributed by atoms with van der Waals surface area (Å²) in [5.74, 6) is 0.526. The van der Waals surface area contributed by atoms with E-state index in [1.165, 1.54) is 32.1 Å². The molecule has 86 valence electrons. The van der Waals surface area contributed by atoms with Crippen LogP contribution >= 0.6 is 0 Å². The highest BCUT2D eigenvalue weighted by molar-refractivity contribution is 4.89. The van der Waals surface area contributed by atoms with Crippen molar-refractivity contribution in [1.29, 1.82) is 5.26 Å². The largest absolute Gasteiger partial charge is 0.392 e. The van der Waals surface area contributed by atoms with Crippen LogP contribution in [0.1, 0.15) is 58.3 Å². The Labute approximate surface area is 93.3 Å². The van der Waals surface area contributed by atoms with Crippen LogP contribution in [0.2, 0.25) is 0 Å². The second-order valence-electron chi connectivity index (χ2n) is 4.83. The SMILES string of the molecule is CCCC(C#N)C(O)CC1CCCCC1. The summed E-state index contributed by atoms with van der Waals surface area (Å²) in [7, 11) is 0. The molecule has 0 saturated heterocycles. The number of rotatable bonds is 5. The maximum Gasteiger partial charge on any atom is 0.0722 e. The molecule has 0 bridgehead atoms. The maximum atomic E-state index is 9.97. The molecule has 2 atom stereocenters. The zero-order chi connectivity index (χ0) is 11.1. The van der Waals surface area contributed by atoms with Gasteiger partial charge >= 0.3 is 0 Å². The summed E-state index contributed by atoms with van der Waals surface area (Å²) in [6, 6.07) is 2.24. The Morgan fingerprint density at radius 1 is 1.33 bits per heavy atom. The zero-order valence-corrected chi connectivity index (χ0v) is 9.78. The lowest BCUT2D eigenvalue weighted by Gasteiger charge is -2.25. The molecule has 1 aliphatic rings. The Morgan fingerprint density at radius 2 is 2.00 bits per heavy atom. The van der Waals surface area contributed by atoms with Crippen molar-refractivity contribution < 1.29 is 5.11 Å². The number of nitrogens with zero attached hydrogens (tertiary/aromatic N) is 1. The first-order valence-corrected chi connectivity index (χ1v) is 6.35. The van der Waals surface area contributed by atoms with Crippen LogP contribution in [0.5, 0.6) is 0 Å². The van der Waals surface area contributed by atoms with Crippen LogP contribution in [-0.2, 0) is 0 Å². The van der Waals surface area contributed by atoms with Crippen LogP contribution in [0.25, 0.3) is 0 Å². The number of nitriles is 1. The molecule has 0 aromatic heterocycles. The Kier molecular flexibility index (Phi) is 5.71. The highest BCUT2D eigenvalue weighted by Gasteiger charge is 2.23. The van der Waals surface area contributed by atoms with Gasteiger partial charge in [0.25, 0.3) is 0 Å². The van der Waals surface area contributed by atoms with Crippen molar-refractivity contribution in [2.45, 2.75) is 64.4 Å². The van der Waals surface area contributed by atoms with E-state index in [2.05, 4.69) is 13.0 Å². The van der Waals surface area contributed by atoms with Crippen LogP contribution in [0.15, 0.2) is 0 Å². The minimum absolute atomic E-state index is 0.142.